The van der Waals surface area contributed by atoms with Crippen molar-refractivity contribution in [2.24, 2.45) is 0 Å². The van der Waals surface area contributed by atoms with Crippen LogP contribution >= 0.6 is 0 Å². The number of nitrogens with zero attached hydrogens (tertiary/aromatic N) is 3. The average molecular weight is 540 g/mol. The van der Waals surface area contributed by atoms with E-state index in [0.717, 1.165) is 42.7 Å². The van der Waals surface area contributed by atoms with E-state index in [2.05, 4.69) is 17.0 Å². The molecule has 208 valence electrons. The van der Waals surface area contributed by atoms with Crippen molar-refractivity contribution in [1.29, 1.82) is 0 Å². The Hall–Kier alpha value is -3.94. The first-order valence-corrected chi connectivity index (χ1v) is 14.0. The van der Waals surface area contributed by atoms with Crippen molar-refractivity contribution in [2.45, 2.75) is 37.8 Å². The lowest BCUT2D eigenvalue weighted by Crippen LogP contribution is -2.40. The van der Waals surface area contributed by atoms with Gasteiger partial charge in [-0.1, -0.05) is 72.8 Å². The van der Waals surface area contributed by atoms with E-state index in [1.807, 2.05) is 92.1 Å². The van der Waals surface area contributed by atoms with Gasteiger partial charge in [0.25, 0.3) is 0 Å². The highest BCUT2D eigenvalue weighted by molar-refractivity contribution is 5.77. The van der Waals surface area contributed by atoms with Crippen molar-refractivity contribution >= 4 is 5.97 Å². The van der Waals surface area contributed by atoms with E-state index in [1.165, 1.54) is 5.56 Å². The van der Waals surface area contributed by atoms with Crippen molar-refractivity contribution in [3.8, 4) is 5.69 Å². The van der Waals surface area contributed by atoms with Gasteiger partial charge in [0, 0.05) is 19.5 Å². The molecule has 1 aliphatic heterocycles. The summed E-state index contributed by atoms with van der Waals surface area (Å²) in [7, 11) is 1.65. The number of ether oxygens (including phenoxy) is 2. The monoisotopic (exact) mass is 539 g/mol. The number of aromatic nitrogens is 2. The van der Waals surface area contributed by atoms with Crippen LogP contribution in [-0.2, 0) is 14.3 Å². The van der Waals surface area contributed by atoms with Crippen LogP contribution in [0.2, 0.25) is 0 Å². The molecule has 1 aromatic heterocycles. The first kappa shape index (κ1) is 27.6. The lowest BCUT2D eigenvalue weighted by atomic mass is 9.88. The summed E-state index contributed by atoms with van der Waals surface area (Å²) in [6.45, 7) is 4.25. The number of benzene rings is 3. The third-order valence-corrected chi connectivity index (χ3v) is 7.81. The maximum atomic E-state index is 13.4. The molecule has 2 heterocycles. The Morgan fingerprint density at radius 1 is 0.875 bits per heavy atom. The van der Waals surface area contributed by atoms with Gasteiger partial charge in [0.1, 0.15) is 6.04 Å². The van der Waals surface area contributed by atoms with Crippen LogP contribution in [0, 0.1) is 0 Å². The molecule has 1 fully saturated rings. The molecule has 1 saturated heterocycles. The minimum absolute atomic E-state index is 0.0992. The van der Waals surface area contributed by atoms with Gasteiger partial charge in [-0.15, -0.1) is 0 Å². The summed E-state index contributed by atoms with van der Waals surface area (Å²) in [6, 6.07) is 27.6. The van der Waals surface area contributed by atoms with Crippen LogP contribution in [0.3, 0.4) is 0 Å². The smallest absolute Gasteiger partial charge is 0.333 e. The molecule has 5 rings (SSSR count). The van der Waals surface area contributed by atoms with E-state index in [9.17, 15) is 9.59 Å². The van der Waals surface area contributed by atoms with Gasteiger partial charge in [-0.25, -0.2) is 9.59 Å². The third kappa shape index (κ3) is 5.96. The number of likely N-dealkylation sites (tertiary alicyclic amines) is 1. The number of piperidine rings is 1. The molecule has 7 nitrogen and oxygen atoms in total. The van der Waals surface area contributed by atoms with E-state index in [1.54, 1.807) is 16.2 Å². The minimum atomic E-state index is -0.377. The molecule has 4 aromatic rings. The highest BCUT2D eigenvalue weighted by Crippen LogP contribution is 2.33. The highest BCUT2D eigenvalue weighted by atomic mass is 16.5. The zero-order chi connectivity index (χ0) is 27.9. The maximum Gasteiger partial charge on any atom is 0.333 e. The SMILES string of the molecule is CCOC(=O)C(c1ccccc1)N1CCC(c2ccc(-n3ccn([C@H](COC)c4ccccc4)c3=O)cc2)CC1. The van der Waals surface area contributed by atoms with Gasteiger partial charge >= 0.3 is 11.7 Å². The second kappa shape index (κ2) is 12.9. The molecule has 0 spiro atoms. The van der Waals surface area contributed by atoms with Crippen LogP contribution in [0.5, 0.6) is 0 Å². The minimum Gasteiger partial charge on any atom is -0.465 e. The van der Waals surface area contributed by atoms with E-state index in [0.29, 0.717) is 19.1 Å². The van der Waals surface area contributed by atoms with Gasteiger partial charge in [0.05, 0.1) is 24.9 Å². The first-order valence-electron chi connectivity index (χ1n) is 14.0. The Morgan fingerprint density at radius 2 is 1.50 bits per heavy atom. The van der Waals surface area contributed by atoms with Crippen LogP contribution in [-0.4, -0.2) is 53.4 Å². The van der Waals surface area contributed by atoms with E-state index >= 15 is 0 Å². The van der Waals surface area contributed by atoms with Crippen molar-refractivity contribution in [2.75, 3.05) is 33.4 Å². The Morgan fingerprint density at radius 3 is 2.10 bits per heavy atom. The molecule has 0 aliphatic carbocycles. The predicted molar refractivity (Wildman–Crippen MR) is 156 cm³/mol. The van der Waals surface area contributed by atoms with Crippen LogP contribution < -0.4 is 5.69 Å². The fourth-order valence-electron chi connectivity index (χ4n) is 5.74. The fourth-order valence-corrected chi connectivity index (χ4v) is 5.74. The normalized spacial score (nSPS) is 15.9. The number of hydrogen-bond donors (Lipinski definition) is 0. The van der Waals surface area contributed by atoms with Crippen molar-refractivity contribution in [3.05, 3.63) is 124 Å². The fraction of sp³-hybridized carbons (Fsp3) is 0.333. The second-order valence-electron chi connectivity index (χ2n) is 10.2. The largest absolute Gasteiger partial charge is 0.465 e. The molecular formula is C33H37N3O4. The van der Waals surface area contributed by atoms with Gasteiger partial charge in [-0.05, 0) is 67.6 Å². The maximum absolute atomic E-state index is 13.4. The van der Waals surface area contributed by atoms with E-state index < -0.39 is 0 Å². The zero-order valence-corrected chi connectivity index (χ0v) is 23.2. The first-order chi connectivity index (χ1) is 19.6. The number of carbonyl (C=O) groups excluding carboxylic acids is 1. The molecule has 1 aliphatic rings. The van der Waals surface area contributed by atoms with Crippen LogP contribution in [0.1, 0.15) is 54.5 Å². The molecule has 3 aromatic carbocycles. The lowest BCUT2D eigenvalue weighted by Gasteiger charge is -2.36. The van der Waals surface area contributed by atoms with Crippen LogP contribution in [0.25, 0.3) is 5.69 Å². The summed E-state index contributed by atoms with van der Waals surface area (Å²) in [6.07, 6.45) is 5.55. The Bertz CT molecular complexity index is 1420. The Labute approximate surface area is 235 Å². The molecule has 0 saturated carbocycles. The van der Waals surface area contributed by atoms with Gasteiger partial charge in [0.15, 0.2) is 0 Å². The molecule has 1 unspecified atom stereocenters. The van der Waals surface area contributed by atoms with Crippen LogP contribution in [0.4, 0.5) is 0 Å². The van der Waals surface area contributed by atoms with Crippen molar-refractivity contribution in [3.63, 3.8) is 0 Å². The number of carbonyl (C=O) groups is 1. The standard InChI is InChI=1S/C33H37N3O4/c1-3-40-32(37)31(28-12-8-5-9-13-28)34-20-18-26(19-21-34)25-14-16-29(17-15-25)35-22-23-36(33(35)38)30(24-39-2)27-10-6-4-7-11-27/h4-17,22-23,26,30-31H,3,18-21,24H2,1-2H3/t30-,31?/m1/s1. The average Bonchev–Trinajstić information content (AvgIpc) is 3.38. The highest BCUT2D eigenvalue weighted by Gasteiger charge is 2.32. The van der Waals surface area contributed by atoms with Gasteiger partial charge < -0.3 is 9.47 Å². The molecule has 2 atom stereocenters. The van der Waals surface area contributed by atoms with E-state index in [-0.39, 0.29) is 23.7 Å². The van der Waals surface area contributed by atoms with Crippen LogP contribution in [0.15, 0.2) is 102 Å². The molecule has 0 radical (unpaired) electrons. The summed E-state index contributed by atoms with van der Waals surface area (Å²) >= 11 is 0. The summed E-state index contributed by atoms with van der Waals surface area (Å²) in [5, 5.41) is 0. The molecule has 0 amide bonds. The summed E-state index contributed by atoms with van der Waals surface area (Å²) in [5.41, 5.74) is 3.99. The lowest BCUT2D eigenvalue weighted by molar-refractivity contribution is -0.150. The molecule has 7 heteroatoms. The zero-order valence-electron chi connectivity index (χ0n) is 23.2. The molecule has 40 heavy (non-hydrogen) atoms. The summed E-state index contributed by atoms with van der Waals surface area (Å²) in [4.78, 5) is 28.5. The topological polar surface area (TPSA) is 65.7 Å². The molecule has 0 N–H and O–H groups in total. The van der Waals surface area contributed by atoms with E-state index in [4.69, 9.17) is 9.47 Å². The number of esters is 1. The molecular weight excluding hydrogens is 502 g/mol. The quantitative estimate of drug-likeness (QED) is 0.254. The number of methoxy groups -OCH3 is 1. The third-order valence-electron chi connectivity index (χ3n) is 7.81. The number of rotatable bonds is 10. The van der Waals surface area contributed by atoms with Gasteiger partial charge in [-0.2, -0.15) is 0 Å². The Kier molecular flexibility index (Phi) is 8.94. The summed E-state index contributed by atoms with van der Waals surface area (Å²) in [5.74, 6) is 0.211. The molecule has 0 bridgehead atoms. The van der Waals surface area contributed by atoms with Gasteiger partial charge in [-0.3, -0.25) is 14.0 Å². The van der Waals surface area contributed by atoms with Crippen molar-refractivity contribution < 1.29 is 14.3 Å². The van der Waals surface area contributed by atoms with Gasteiger partial charge in [0.2, 0.25) is 0 Å². The predicted octanol–water partition coefficient (Wildman–Crippen LogP) is 5.36. The number of hydrogen-bond acceptors (Lipinski definition) is 5. The second-order valence-corrected chi connectivity index (χ2v) is 10.2. The number of imidazole rings is 1. The summed E-state index contributed by atoms with van der Waals surface area (Å²) < 4.78 is 14.3. The Balaban J connectivity index is 1.28. The van der Waals surface area contributed by atoms with Crippen molar-refractivity contribution in [1.82, 2.24) is 14.0 Å².